The van der Waals surface area contributed by atoms with Crippen LogP contribution in [0.3, 0.4) is 0 Å². The van der Waals surface area contributed by atoms with E-state index in [0.717, 1.165) is 12.1 Å². The molecule has 0 fully saturated rings. The zero-order valence-electron chi connectivity index (χ0n) is 19.8. The number of ether oxygens (including phenoxy) is 3. The number of anilines is 1. The lowest BCUT2D eigenvalue weighted by atomic mass is 9.91. The van der Waals surface area contributed by atoms with Crippen molar-refractivity contribution in [2.45, 2.75) is 11.7 Å². The number of nitrogens with one attached hydrogen (secondary N) is 3. The first-order chi connectivity index (χ1) is 17.9. The second kappa shape index (κ2) is 9.45. The summed E-state index contributed by atoms with van der Waals surface area (Å²) in [5.41, 5.74) is -8.19. The number of nitrogens with zero attached hydrogens (tertiary/aromatic N) is 1. The molecule has 1 atom stereocenters. The molecule has 0 bridgehead atoms. The summed E-state index contributed by atoms with van der Waals surface area (Å²) < 4.78 is 60.1. The standard InChI is InChI=1S/C23H18ClF3N4O7/c1-36-13-8-10(9-14(37-2)16(13)38-3)18(32)30-22(23(25,26)27)15-17(28-20(22)34)31(21(35)29-19(15)33)12-6-4-11(24)5-7-12/h4-9H,1-3H3,(H,28,34)(H,30,32)(H,29,33,35)/t22-/m1/s1. The Bertz CT molecular complexity index is 1540. The number of halogens is 4. The summed E-state index contributed by atoms with van der Waals surface area (Å²) in [6, 6.07) is 7.40. The molecule has 2 heterocycles. The Morgan fingerprint density at radius 2 is 1.58 bits per heavy atom. The van der Waals surface area contributed by atoms with Gasteiger partial charge in [-0.3, -0.25) is 19.4 Å². The zero-order chi connectivity index (χ0) is 28.0. The van der Waals surface area contributed by atoms with Gasteiger partial charge in [0.15, 0.2) is 11.5 Å². The van der Waals surface area contributed by atoms with E-state index in [1.54, 1.807) is 10.3 Å². The molecule has 38 heavy (non-hydrogen) atoms. The van der Waals surface area contributed by atoms with Crippen LogP contribution >= 0.6 is 11.6 Å². The Hall–Kier alpha value is -4.46. The van der Waals surface area contributed by atoms with Gasteiger partial charge in [0.2, 0.25) is 5.75 Å². The largest absolute Gasteiger partial charge is 0.493 e. The molecule has 0 radical (unpaired) electrons. The van der Waals surface area contributed by atoms with Crippen LogP contribution in [0, 0.1) is 0 Å². The normalized spacial score (nSPS) is 16.4. The number of amides is 2. The van der Waals surface area contributed by atoms with E-state index >= 15 is 0 Å². The highest BCUT2D eigenvalue weighted by Crippen LogP contribution is 2.46. The molecule has 15 heteroatoms. The first kappa shape index (κ1) is 26.6. The molecular weight excluding hydrogens is 537 g/mol. The number of benzene rings is 2. The van der Waals surface area contributed by atoms with Crippen LogP contribution < -0.4 is 36.1 Å². The molecule has 3 N–H and O–H groups in total. The van der Waals surface area contributed by atoms with Gasteiger partial charge in [-0.1, -0.05) is 11.6 Å². The van der Waals surface area contributed by atoms with Crippen molar-refractivity contribution in [3.63, 3.8) is 0 Å². The number of carbonyl (C=O) groups excluding carboxylic acids is 2. The minimum absolute atomic E-state index is 0.0128. The van der Waals surface area contributed by atoms with E-state index in [9.17, 15) is 32.3 Å². The fraction of sp³-hybridized carbons (Fsp3) is 0.217. The first-order valence-electron chi connectivity index (χ1n) is 10.6. The zero-order valence-corrected chi connectivity index (χ0v) is 20.5. The van der Waals surface area contributed by atoms with E-state index in [1.807, 2.05) is 5.32 Å². The van der Waals surface area contributed by atoms with Crippen LogP contribution in [0.25, 0.3) is 5.69 Å². The first-order valence-corrected chi connectivity index (χ1v) is 10.9. The molecule has 11 nitrogen and oxygen atoms in total. The molecule has 0 saturated carbocycles. The third kappa shape index (κ3) is 4.02. The second-order valence-corrected chi connectivity index (χ2v) is 8.30. The van der Waals surface area contributed by atoms with Gasteiger partial charge in [0.05, 0.1) is 27.0 Å². The smallest absolute Gasteiger partial charge is 0.425 e. The Labute approximate surface area is 216 Å². The van der Waals surface area contributed by atoms with Crippen molar-refractivity contribution in [2.75, 3.05) is 26.6 Å². The third-order valence-electron chi connectivity index (χ3n) is 5.80. The molecule has 200 valence electrons. The molecule has 0 unspecified atom stereocenters. The van der Waals surface area contributed by atoms with Crippen LogP contribution in [-0.2, 0) is 10.3 Å². The molecule has 2 aromatic carbocycles. The molecule has 1 aliphatic rings. The summed E-state index contributed by atoms with van der Waals surface area (Å²) in [6.07, 6.45) is -5.53. The quantitative estimate of drug-likeness (QED) is 0.425. The van der Waals surface area contributed by atoms with Gasteiger partial charge in [-0.05, 0) is 36.4 Å². The monoisotopic (exact) mass is 554 g/mol. The summed E-state index contributed by atoms with van der Waals surface area (Å²) in [5.74, 6) is -4.03. The molecule has 3 aromatic rings. The minimum atomic E-state index is -5.53. The maximum Gasteiger partial charge on any atom is 0.425 e. The summed E-state index contributed by atoms with van der Waals surface area (Å²) >= 11 is 5.85. The molecule has 4 rings (SSSR count). The second-order valence-electron chi connectivity index (χ2n) is 7.86. The number of aromatic nitrogens is 2. The third-order valence-corrected chi connectivity index (χ3v) is 6.05. The van der Waals surface area contributed by atoms with Crippen molar-refractivity contribution in [2.24, 2.45) is 0 Å². The lowest BCUT2D eigenvalue weighted by Crippen LogP contribution is -2.62. The van der Waals surface area contributed by atoms with Crippen LogP contribution in [0.2, 0.25) is 5.02 Å². The average molecular weight is 555 g/mol. The highest BCUT2D eigenvalue weighted by molar-refractivity contribution is 6.30. The van der Waals surface area contributed by atoms with Gasteiger partial charge in [0.25, 0.3) is 22.9 Å². The van der Waals surface area contributed by atoms with Crippen LogP contribution in [0.15, 0.2) is 46.0 Å². The van der Waals surface area contributed by atoms with E-state index in [0.29, 0.717) is 4.57 Å². The summed E-state index contributed by atoms with van der Waals surface area (Å²) in [7, 11) is 3.74. The van der Waals surface area contributed by atoms with Gasteiger partial charge in [0, 0.05) is 10.6 Å². The summed E-state index contributed by atoms with van der Waals surface area (Å²) in [5, 5.41) is 3.86. The maximum atomic E-state index is 14.7. The van der Waals surface area contributed by atoms with Gasteiger partial charge in [-0.2, -0.15) is 13.2 Å². The van der Waals surface area contributed by atoms with Gasteiger partial charge >= 0.3 is 11.9 Å². The lowest BCUT2D eigenvalue weighted by Gasteiger charge is -2.30. The topological polar surface area (TPSA) is 141 Å². The lowest BCUT2D eigenvalue weighted by molar-refractivity contribution is -0.196. The molecule has 0 aliphatic carbocycles. The van der Waals surface area contributed by atoms with E-state index in [-0.39, 0.29) is 28.0 Å². The Morgan fingerprint density at radius 1 is 1.00 bits per heavy atom. The van der Waals surface area contributed by atoms with Crippen LogP contribution in [0.4, 0.5) is 19.0 Å². The molecule has 0 saturated heterocycles. The number of H-pyrrole nitrogens is 1. The van der Waals surface area contributed by atoms with E-state index < -0.39 is 51.7 Å². The van der Waals surface area contributed by atoms with Crippen molar-refractivity contribution >= 4 is 29.2 Å². The summed E-state index contributed by atoms with van der Waals surface area (Å²) in [6.45, 7) is 0. The maximum absolute atomic E-state index is 14.7. The van der Waals surface area contributed by atoms with Gasteiger partial charge in [-0.25, -0.2) is 9.36 Å². The number of aromatic amines is 1. The predicted octanol–water partition coefficient (Wildman–Crippen LogP) is 2.34. The Balaban J connectivity index is 1.94. The van der Waals surface area contributed by atoms with Crippen LogP contribution in [-0.4, -0.2) is 48.9 Å². The fourth-order valence-electron chi connectivity index (χ4n) is 4.07. The number of fused-ring (bicyclic) bond motifs is 1. The molecule has 2 amide bonds. The Kier molecular flexibility index (Phi) is 6.61. The molecular formula is C23H18ClF3N4O7. The predicted molar refractivity (Wildman–Crippen MR) is 128 cm³/mol. The SMILES string of the molecule is COc1cc(C(=O)N[C@@]2(C(F)(F)F)C(=O)Nc3c2c(=O)[nH]c(=O)n3-c2ccc(Cl)cc2)cc(OC)c1OC. The number of hydrogen-bond donors (Lipinski definition) is 3. The summed E-state index contributed by atoms with van der Waals surface area (Å²) in [4.78, 5) is 53.4. The fourth-order valence-corrected chi connectivity index (χ4v) is 4.20. The highest BCUT2D eigenvalue weighted by atomic mass is 35.5. The number of hydrogen-bond acceptors (Lipinski definition) is 7. The molecule has 0 spiro atoms. The molecule has 1 aromatic heterocycles. The Morgan fingerprint density at radius 3 is 2.08 bits per heavy atom. The van der Waals surface area contributed by atoms with E-state index in [4.69, 9.17) is 25.8 Å². The average Bonchev–Trinajstić information content (AvgIpc) is 3.16. The van der Waals surface area contributed by atoms with Crippen molar-refractivity contribution in [1.82, 2.24) is 14.9 Å². The van der Waals surface area contributed by atoms with Crippen LogP contribution in [0.5, 0.6) is 17.2 Å². The minimum Gasteiger partial charge on any atom is -0.493 e. The van der Waals surface area contributed by atoms with Crippen LogP contribution in [0.1, 0.15) is 15.9 Å². The van der Waals surface area contributed by atoms with Crippen molar-refractivity contribution in [3.05, 3.63) is 73.4 Å². The number of rotatable bonds is 6. The van der Waals surface area contributed by atoms with Gasteiger partial charge in [0.1, 0.15) is 11.4 Å². The van der Waals surface area contributed by atoms with Crippen molar-refractivity contribution < 1.29 is 37.0 Å². The number of methoxy groups -OCH3 is 3. The van der Waals surface area contributed by atoms with Gasteiger partial charge in [-0.15, -0.1) is 0 Å². The molecule has 1 aliphatic heterocycles. The van der Waals surface area contributed by atoms with Crippen molar-refractivity contribution in [1.29, 1.82) is 0 Å². The van der Waals surface area contributed by atoms with Crippen molar-refractivity contribution in [3.8, 4) is 22.9 Å². The number of alkyl halides is 3. The number of carbonyl (C=O) groups is 2. The van der Waals surface area contributed by atoms with E-state index in [2.05, 4.69) is 0 Å². The highest BCUT2D eigenvalue weighted by Gasteiger charge is 2.68. The van der Waals surface area contributed by atoms with E-state index in [1.165, 1.54) is 45.6 Å². The van der Waals surface area contributed by atoms with Gasteiger partial charge < -0.3 is 24.8 Å².